The first-order valence-corrected chi connectivity index (χ1v) is 9.77. The van der Waals surface area contributed by atoms with Crippen molar-refractivity contribution in [1.29, 1.82) is 0 Å². The van der Waals surface area contributed by atoms with Gasteiger partial charge in [-0.05, 0) is 18.6 Å². The molecule has 1 aliphatic heterocycles. The Balaban J connectivity index is 1.35. The molecule has 148 valence electrons. The molecule has 0 saturated carbocycles. The minimum atomic E-state index is -0.0736. The maximum Gasteiger partial charge on any atom is 0.322 e. The third-order valence-corrected chi connectivity index (χ3v) is 5.40. The normalized spacial score (nSPS) is 15.3. The summed E-state index contributed by atoms with van der Waals surface area (Å²) < 4.78 is 7.83. The molecule has 1 aromatic carbocycles. The molecule has 0 radical (unpaired) electrons. The molecule has 1 N–H and O–H groups in total. The van der Waals surface area contributed by atoms with Crippen LogP contribution in [0.15, 0.2) is 35.3 Å². The van der Waals surface area contributed by atoms with E-state index in [4.69, 9.17) is 4.42 Å². The molecule has 1 aliphatic rings. The zero-order valence-electron chi connectivity index (χ0n) is 16.4. The van der Waals surface area contributed by atoms with E-state index in [2.05, 4.69) is 34.1 Å². The molecule has 0 unspecified atom stereocenters. The smallest absolute Gasteiger partial charge is 0.322 e. The van der Waals surface area contributed by atoms with E-state index in [0.29, 0.717) is 13.1 Å². The van der Waals surface area contributed by atoms with Gasteiger partial charge in [0.15, 0.2) is 5.58 Å². The fraction of sp³-hybridized carbons (Fsp3) is 0.450. The number of carbonyl (C=O) groups is 1. The van der Waals surface area contributed by atoms with Gasteiger partial charge >= 0.3 is 6.03 Å². The van der Waals surface area contributed by atoms with Gasteiger partial charge in [0, 0.05) is 44.5 Å². The van der Waals surface area contributed by atoms with E-state index in [-0.39, 0.29) is 6.03 Å². The molecule has 0 aliphatic carbocycles. The molecule has 2 aromatic heterocycles. The van der Waals surface area contributed by atoms with Crippen LogP contribution in [0.1, 0.15) is 18.2 Å². The summed E-state index contributed by atoms with van der Waals surface area (Å²) >= 11 is 0. The Kier molecular flexibility index (Phi) is 5.29. The molecule has 28 heavy (non-hydrogen) atoms. The van der Waals surface area contributed by atoms with Crippen molar-refractivity contribution in [2.75, 3.05) is 38.0 Å². The van der Waals surface area contributed by atoms with Crippen LogP contribution in [0.2, 0.25) is 0 Å². The summed E-state index contributed by atoms with van der Waals surface area (Å²) in [5.41, 5.74) is 2.64. The van der Waals surface area contributed by atoms with Crippen LogP contribution in [-0.4, -0.2) is 63.3 Å². The molecule has 8 nitrogen and oxygen atoms in total. The zero-order chi connectivity index (χ0) is 19.5. The van der Waals surface area contributed by atoms with Gasteiger partial charge < -0.3 is 14.6 Å². The van der Waals surface area contributed by atoms with E-state index in [9.17, 15) is 4.79 Å². The average molecular weight is 382 g/mol. The van der Waals surface area contributed by atoms with Gasteiger partial charge in [-0.15, -0.1) is 0 Å². The van der Waals surface area contributed by atoms with Gasteiger partial charge in [0.25, 0.3) is 0 Å². The van der Waals surface area contributed by atoms with Crippen molar-refractivity contribution >= 4 is 22.7 Å². The molecule has 1 saturated heterocycles. The number of benzene rings is 1. The van der Waals surface area contributed by atoms with E-state index < -0.39 is 0 Å². The number of carbonyl (C=O) groups excluding carboxylic acids is 1. The van der Waals surface area contributed by atoms with Gasteiger partial charge in [-0.1, -0.05) is 19.1 Å². The van der Waals surface area contributed by atoms with Crippen molar-refractivity contribution in [3.05, 3.63) is 42.2 Å². The van der Waals surface area contributed by atoms with Crippen LogP contribution in [-0.2, 0) is 13.0 Å². The monoisotopic (exact) mass is 382 g/mol. The minimum absolute atomic E-state index is 0.0736. The zero-order valence-corrected chi connectivity index (χ0v) is 16.4. The van der Waals surface area contributed by atoms with E-state index in [0.717, 1.165) is 60.6 Å². The largest absolute Gasteiger partial charge is 0.459 e. The number of aromatic nitrogens is 3. The van der Waals surface area contributed by atoms with Crippen LogP contribution in [0, 0.1) is 6.92 Å². The molecule has 3 heterocycles. The van der Waals surface area contributed by atoms with Crippen LogP contribution < -0.4 is 5.32 Å². The van der Waals surface area contributed by atoms with Crippen LogP contribution >= 0.6 is 0 Å². The van der Waals surface area contributed by atoms with E-state index in [1.807, 2.05) is 27.8 Å². The van der Waals surface area contributed by atoms with Gasteiger partial charge in [-0.2, -0.15) is 5.10 Å². The lowest BCUT2D eigenvalue weighted by atomic mass is 10.1. The minimum Gasteiger partial charge on any atom is -0.459 e. The molecule has 0 bridgehead atoms. The third kappa shape index (κ3) is 3.73. The molecule has 4 rings (SSSR count). The first-order valence-electron chi connectivity index (χ1n) is 9.77. The number of piperazine rings is 1. The number of hydrogen-bond acceptors (Lipinski definition) is 5. The predicted octanol–water partition coefficient (Wildman–Crippen LogP) is 2.74. The van der Waals surface area contributed by atoms with Crippen molar-refractivity contribution in [2.24, 2.45) is 0 Å². The van der Waals surface area contributed by atoms with Gasteiger partial charge in [-0.3, -0.25) is 9.58 Å². The number of hydrogen-bond donors (Lipinski definition) is 1. The number of urea groups is 1. The number of aryl methyl sites for hydroxylation is 2. The van der Waals surface area contributed by atoms with Crippen molar-refractivity contribution in [3.63, 3.8) is 0 Å². The van der Waals surface area contributed by atoms with Gasteiger partial charge in [0.05, 0.1) is 12.2 Å². The Morgan fingerprint density at radius 1 is 1.21 bits per heavy atom. The average Bonchev–Trinajstić information content (AvgIpc) is 3.35. The Morgan fingerprint density at radius 3 is 2.75 bits per heavy atom. The maximum absolute atomic E-state index is 12.8. The second kappa shape index (κ2) is 8.02. The highest BCUT2D eigenvalue weighted by Gasteiger charge is 2.22. The molecular weight excluding hydrogens is 356 g/mol. The summed E-state index contributed by atoms with van der Waals surface area (Å²) in [7, 11) is 0. The topological polar surface area (TPSA) is 79.4 Å². The maximum atomic E-state index is 12.8. The van der Waals surface area contributed by atoms with Crippen molar-refractivity contribution in [2.45, 2.75) is 26.8 Å². The number of para-hydroxylation sites is 1. The van der Waals surface area contributed by atoms with E-state index in [1.165, 1.54) is 0 Å². The molecule has 2 amide bonds. The number of furan rings is 1. The Morgan fingerprint density at radius 2 is 2.04 bits per heavy atom. The van der Waals surface area contributed by atoms with Crippen molar-refractivity contribution in [3.8, 4) is 0 Å². The number of anilines is 1. The summed E-state index contributed by atoms with van der Waals surface area (Å²) in [6.45, 7) is 8.97. The fourth-order valence-electron chi connectivity index (χ4n) is 3.69. The van der Waals surface area contributed by atoms with Crippen LogP contribution in [0.4, 0.5) is 10.5 Å². The molecule has 8 heteroatoms. The highest BCUT2D eigenvalue weighted by molar-refractivity contribution is 6.00. The number of nitrogens with one attached hydrogen (secondary N) is 1. The van der Waals surface area contributed by atoms with Gasteiger partial charge in [0.1, 0.15) is 18.4 Å². The predicted molar refractivity (Wildman–Crippen MR) is 107 cm³/mol. The third-order valence-electron chi connectivity index (χ3n) is 5.40. The number of rotatable bonds is 5. The lowest BCUT2D eigenvalue weighted by molar-refractivity contribution is 0.143. The first-order chi connectivity index (χ1) is 13.7. The van der Waals surface area contributed by atoms with Gasteiger partial charge in [-0.25, -0.2) is 9.78 Å². The summed E-state index contributed by atoms with van der Waals surface area (Å²) in [5, 5.41) is 8.23. The van der Waals surface area contributed by atoms with Crippen molar-refractivity contribution < 1.29 is 9.21 Å². The molecule has 1 fully saturated rings. The van der Waals surface area contributed by atoms with Crippen LogP contribution in [0.5, 0.6) is 0 Å². The quantitative estimate of drug-likeness (QED) is 0.734. The standard InChI is InChI=1S/C20H26N6O2/c1-3-18-15(2)16-5-4-6-17(19(16)28-18)23-20(27)25-10-7-24(8-11-25)9-12-26-14-21-13-22-26/h4-6,13-14H,3,7-12H2,1-2H3,(H,23,27). The SMILES string of the molecule is CCc1oc2c(NC(=O)N3CCN(CCn4cncn4)CC3)cccc2c1C. The highest BCUT2D eigenvalue weighted by Crippen LogP contribution is 2.31. The number of amides is 2. The number of fused-ring (bicyclic) bond motifs is 1. The number of nitrogens with zero attached hydrogens (tertiary/aromatic N) is 5. The lowest BCUT2D eigenvalue weighted by Gasteiger charge is -2.34. The Hall–Kier alpha value is -2.87. The molecule has 0 atom stereocenters. The van der Waals surface area contributed by atoms with Crippen LogP contribution in [0.3, 0.4) is 0 Å². The van der Waals surface area contributed by atoms with E-state index in [1.54, 1.807) is 12.7 Å². The summed E-state index contributed by atoms with van der Waals surface area (Å²) in [6.07, 6.45) is 4.11. The summed E-state index contributed by atoms with van der Waals surface area (Å²) in [4.78, 5) is 20.9. The van der Waals surface area contributed by atoms with Crippen molar-refractivity contribution in [1.82, 2.24) is 24.6 Å². The summed E-state index contributed by atoms with van der Waals surface area (Å²) in [5.74, 6) is 0.970. The van der Waals surface area contributed by atoms with Crippen LogP contribution in [0.25, 0.3) is 11.0 Å². The first kappa shape index (κ1) is 18.5. The van der Waals surface area contributed by atoms with E-state index >= 15 is 0 Å². The molecule has 0 spiro atoms. The molecular formula is C20H26N6O2. The fourth-order valence-corrected chi connectivity index (χ4v) is 3.69. The molecule has 3 aromatic rings. The second-order valence-corrected chi connectivity index (χ2v) is 7.10. The second-order valence-electron chi connectivity index (χ2n) is 7.10. The lowest BCUT2D eigenvalue weighted by Crippen LogP contribution is -2.50. The Labute approximate surface area is 164 Å². The highest BCUT2D eigenvalue weighted by atomic mass is 16.3. The Bertz CT molecular complexity index is 941. The van der Waals surface area contributed by atoms with Gasteiger partial charge in [0.2, 0.25) is 0 Å². The summed E-state index contributed by atoms with van der Waals surface area (Å²) in [6, 6.07) is 5.83.